The maximum Gasteiger partial charge on any atom is 0.343 e. The zero-order valence-corrected chi connectivity index (χ0v) is 15.6. The van der Waals surface area contributed by atoms with Crippen LogP contribution in [-0.4, -0.2) is 37.8 Å². The molecule has 0 fully saturated rings. The van der Waals surface area contributed by atoms with Crippen molar-refractivity contribution >= 4 is 11.9 Å². The maximum absolute atomic E-state index is 15.5. The molecular weight excluding hydrogens is 365 g/mol. The van der Waals surface area contributed by atoms with Crippen molar-refractivity contribution in [3.05, 3.63) is 71.7 Å². The van der Waals surface area contributed by atoms with Gasteiger partial charge in [-0.25, -0.2) is 9.59 Å². The smallest absolute Gasteiger partial charge is 0.343 e. The molecule has 0 saturated carbocycles. The van der Waals surface area contributed by atoms with Crippen molar-refractivity contribution in [3.63, 3.8) is 0 Å². The summed E-state index contributed by atoms with van der Waals surface area (Å²) >= 11 is 0. The molecule has 1 aromatic heterocycles. The Morgan fingerprint density at radius 2 is 1.39 bits per heavy atom. The molecule has 0 aliphatic rings. The van der Waals surface area contributed by atoms with Gasteiger partial charge in [-0.05, 0) is 29.8 Å². The molecule has 3 rings (SSSR count). The molecule has 0 unspecified atom stereocenters. The van der Waals surface area contributed by atoms with Crippen LogP contribution < -0.4 is 4.74 Å². The average molecular weight is 383 g/mol. The number of carbonyl (C=O) groups excluding carboxylic acids is 2. The molecule has 28 heavy (non-hydrogen) atoms. The second-order valence-electron chi connectivity index (χ2n) is 5.77. The van der Waals surface area contributed by atoms with Gasteiger partial charge in [0.05, 0.1) is 27.0 Å². The summed E-state index contributed by atoms with van der Waals surface area (Å²) in [5, 5.41) is 0. The van der Waals surface area contributed by atoms with E-state index in [9.17, 15) is 9.59 Å². The lowest BCUT2D eigenvalue weighted by atomic mass is 10.0. The third-order valence-corrected chi connectivity index (χ3v) is 4.27. The molecule has 0 bridgehead atoms. The average Bonchev–Trinajstić information content (AvgIpc) is 3.06. The van der Waals surface area contributed by atoms with Gasteiger partial charge in [-0.1, -0.05) is 30.3 Å². The topological polar surface area (TPSA) is 66.8 Å². The van der Waals surface area contributed by atoms with Crippen molar-refractivity contribution < 1.29 is 28.2 Å². The normalized spacial score (nSPS) is 10.4. The van der Waals surface area contributed by atoms with E-state index in [2.05, 4.69) is 0 Å². The second kappa shape index (κ2) is 7.96. The fraction of sp³-hybridized carbons (Fsp3) is 0.143. The first kappa shape index (κ1) is 19.2. The highest BCUT2D eigenvalue weighted by Gasteiger charge is 2.34. The van der Waals surface area contributed by atoms with Crippen molar-refractivity contribution in [2.75, 3.05) is 21.3 Å². The molecule has 0 amide bonds. The summed E-state index contributed by atoms with van der Waals surface area (Å²) < 4.78 is 31.3. The van der Waals surface area contributed by atoms with Crippen molar-refractivity contribution in [1.29, 1.82) is 0 Å². The summed E-state index contributed by atoms with van der Waals surface area (Å²) in [6.07, 6.45) is 0. The van der Waals surface area contributed by atoms with Gasteiger partial charge in [0.1, 0.15) is 16.9 Å². The van der Waals surface area contributed by atoms with E-state index in [1.807, 2.05) is 0 Å². The molecule has 0 N–H and O–H groups in total. The largest absolute Gasteiger partial charge is 0.497 e. The van der Waals surface area contributed by atoms with Crippen molar-refractivity contribution in [2.45, 2.75) is 0 Å². The molecule has 144 valence electrons. The number of hydrogen-bond acceptors (Lipinski definition) is 5. The first-order valence-electron chi connectivity index (χ1n) is 8.34. The van der Waals surface area contributed by atoms with E-state index in [1.165, 1.54) is 18.8 Å². The first-order valence-corrected chi connectivity index (χ1v) is 8.34. The number of benzene rings is 2. The van der Waals surface area contributed by atoms with Crippen LogP contribution in [0.2, 0.25) is 0 Å². The minimum Gasteiger partial charge on any atom is -0.497 e. The number of carbonyl (C=O) groups is 2. The van der Waals surface area contributed by atoms with Gasteiger partial charge in [-0.2, -0.15) is 4.39 Å². The molecule has 0 radical (unpaired) electrons. The van der Waals surface area contributed by atoms with Crippen molar-refractivity contribution in [3.8, 4) is 22.7 Å². The Bertz CT molecular complexity index is 1010. The van der Waals surface area contributed by atoms with Crippen LogP contribution in [0.3, 0.4) is 0 Å². The summed E-state index contributed by atoms with van der Waals surface area (Å²) in [5.74, 6) is -2.15. The highest BCUT2D eigenvalue weighted by Crippen LogP contribution is 2.35. The third kappa shape index (κ3) is 3.22. The van der Waals surface area contributed by atoms with Gasteiger partial charge in [0.2, 0.25) is 5.95 Å². The lowest BCUT2D eigenvalue weighted by Gasteiger charge is -2.12. The number of aromatic nitrogens is 1. The van der Waals surface area contributed by atoms with E-state index < -0.39 is 23.4 Å². The Kier molecular flexibility index (Phi) is 5.44. The number of ether oxygens (including phenoxy) is 3. The SMILES string of the molecule is COC(=O)c1c(C(=O)OC)c(-c2ccccc2)n(-c2ccc(OC)cc2)c1F. The van der Waals surface area contributed by atoms with Gasteiger partial charge in [0.25, 0.3) is 0 Å². The van der Waals surface area contributed by atoms with Crippen molar-refractivity contribution in [2.24, 2.45) is 0 Å². The molecule has 1 heterocycles. The van der Waals surface area contributed by atoms with Crippen LogP contribution in [0.15, 0.2) is 54.6 Å². The molecular formula is C21H18FNO5. The lowest BCUT2D eigenvalue weighted by molar-refractivity contribution is 0.0553. The minimum atomic E-state index is -0.970. The first-order chi connectivity index (χ1) is 13.5. The Labute approximate surface area is 161 Å². The van der Waals surface area contributed by atoms with Crippen molar-refractivity contribution in [1.82, 2.24) is 4.57 Å². The predicted octanol–water partition coefficient (Wildman–Crippen LogP) is 3.87. The molecule has 0 aliphatic carbocycles. The fourth-order valence-corrected chi connectivity index (χ4v) is 2.98. The number of halogens is 1. The number of hydrogen-bond donors (Lipinski definition) is 0. The zero-order chi connectivity index (χ0) is 20.3. The van der Waals surface area contributed by atoms with Gasteiger partial charge in [-0.3, -0.25) is 4.57 Å². The Morgan fingerprint density at radius 1 is 0.821 bits per heavy atom. The zero-order valence-electron chi connectivity index (χ0n) is 15.6. The van der Waals surface area contributed by atoms with E-state index in [4.69, 9.17) is 14.2 Å². The van der Waals surface area contributed by atoms with Gasteiger partial charge in [-0.15, -0.1) is 0 Å². The van der Waals surface area contributed by atoms with E-state index in [0.717, 1.165) is 7.11 Å². The van der Waals surface area contributed by atoms with Crippen LogP contribution in [0.5, 0.6) is 5.75 Å². The number of nitrogens with zero attached hydrogens (tertiary/aromatic N) is 1. The van der Waals surface area contributed by atoms with E-state index >= 15 is 4.39 Å². The molecule has 2 aromatic carbocycles. The van der Waals surface area contributed by atoms with Gasteiger partial charge in [0.15, 0.2) is 0 Å². The fourth-order valence-electron chi connectivity index (χ4n) is 2.98. The van der Waals surface area contributed by atoms with Crippen LogP contribution in [0.4, 0.5) is 4.39 Å². The molecule has 0 aliphatic heterocycles. The maximum atomic E-state index is 15.5. The number of methoxy groups -OCH3 is 3. The Balaban J connectivity index is 2.41. The summed E-state index contributed by atoms with van der Waals surface area (Å²) in [5.41, 5.74) is 0.443. The van der Waals surface area contributed by atoms with E-state index in [0.29, 0.717) is 17.0 Å². The minimum absolute atomic E-state index is 0.190. The summed E-state index contributed by atoms with van der Waals surface area (Å²) in [6, 6.07) is 15.3. The molecule has 6 nitrogen and oxygen atoms in total. The molecule has 7 heteroatoms. The summed E-state index contributed by atoms with van der Waals surface area (Å²) in [4.78, 5) is 24.8. The van der Waals surface area contributed by atoms with Gasteiger partial charge in [0, 0.05) is 5.69 Å². The third-order valence-electron chi connectivity index (χ3n) is 4.27. The highest BCUT2D eigenvalue weighted by molar-refractivity contribution is 6.08. The number of esters is 2. The van der Waals surface area contributed by atoms with E-state index in [-0.39, 0.29) is 11.3 Å². The lowest BCUT2D eigenvalue weighted by Crippen LogP contribution is -2.11. The molecule has 3 aromatic rings. The van der Waals surface area contributed by atoms with Crippen LogP contribution >= 0.6 is 0 Å². The molecule has 0 saturated heterocycles. The van der Waals surface area contributed by atoms with Crippen LogP contribution in [0.25, 0.3) is 16.9 Å². The second-order valence-corrected chi connectivity index (χ2v) is 5.77. The van der Waals surface area contributed by atoms with E-state index in [1.54, 1.807) is 54.6 Å². The predicted molar refractivity (Wildman–Crippen MR) is 100 cm³/mol. The Hall–Kier alpha value is -3.61. The molecule has 0 atom stereocenters. The number of rotatable bonds is 5. The van der Waals surface area contributed by atoms with Crippen LogP contribution in [0, 0.1) is 5.95 Å². The summed E-state index contributed by atoms with van der Waals surface area (Å²) in [6.45, 7) is 0. The van der Waals surface area contributed by atoms with Crippen LogP contribution in [0.1, 0.15) is 20.7 Å². The standard InChI is InChI=1S/C21H18FNO5/c1-26-15-11-9-14(10-12-15)23-18(13-7-5-4-6-8-13)16(20(24)27-2)17(19(23)22)21(25)28-3/h4-12H,1-3H3. The van der Waals surface area contributed by atoms with Gasteiger partial charge >= 0.3 is 11.9 Å². The van der Waals surface area contributed by atoms with Crippen LogP contribution in [-0.2, 0) is 9.47 Å². The Morgan fingerprint density at radius 3 is 1.93 bits per heavy atom. The molecule has 0 spiro atoms. The highest BCUT2D eigenvalue weighted by atomic mass is 19.1. The van der Waals surface area contributed by atoms with Gasteiger partial charge < -0.3 is 14.2 Å². The monoisotopic (exact) mass is 383 g/mol. The quantitative estimate of drug-likeness (QED) is 0.626. The summed E-state index contributed by atoms with van der Waals surface area (Å²) in [7, 11) is 3.81.